The van der Waals surface area contributed by atoms with E-state index in [1.807, 2.05) is 72.8 Å². The van der Waals surface area contributed by atoms with E-state index < -0.39 is 0 Å². The second kappa shape index (κ2) is 16.2. The van der Waals surface area contributed by atoms with Crippen LogP contribution in [0, 0.1) is 0 Å². The molecule has 0 saturated carbocycles. The number of hydrogen-bond acceptors (Lipinski definition) is 5. The highest BCUT2D eigenvalue weighted by molar-refractivity contribution is 6.15. The molecular weight excluding hydrogens is 905 g/mol. The Morgan fingerprint density at radius 3 is 1.74 bits per heavy atom. The molecule has 0 unspecified atom stereocenters. The van der Waals surface area contributed by atoms with E-state index in [2.05, 4.69) is 181 Å². The van der Waals surface area contributed by atoms with E-state index in [1.54, 1.807) is 0 Å². The first-order valence-corrected chi connectivity index (χ1v) is 25.1. The predicted octanol–water partition coefficient (Wildman–Crippen LogP) is 16.8. The van der Waals surface area contributed by atoms with Crippen LogP contribution < -0.4 is 0 Å². The van der Waals surface area contributed by atoms with E-state index >= 15 is 0 Å². The zero-order chi connectivity index (χ0) is 49.1. The molecule has 348 valence electrons. The van der Waals surface area contributed by atoms with Crippen molar-refractivity contribution in [1.82, 2.24) is 29.1 Å². The summed E-state index contributed by atoms with van der Waals surface area (Å²) < 4.78 is 11.3. The Kier molecular flexibility index (Phi) is 9.17. The number of hydrogen-bond donors (Lipinski definition) is 0. The fourth-order valence-electron chi connectivity index (χ4n) is 11.6. The number of aromatic nitrogens is 6. The lowest BCUT2D eigenvalue weighted by Gasteiger charge is -2.21. The first-order chi connectivity index (χ1) is 36.4. The van der Waals surface area contributed by atoms with Crippen molar-refractivity contribution in [3.8, 4) is 79.2 Å². The maximum atomic E-state index is 6.61. The fourth-order valence-corrected chi connectivity index (χ4v) is 11.6. The normalized spacial score (nSPS) is 12.8. The molecule has 10 aromatic carbocycles. The summed E-state index contributed by atoms with van der Waals surface area (Å²) in [5, 5.41) is 4.33. The molecule has 0 radical (unpaired) electrons. The zero-order valence-electron chi connectivity index (χ0n) is 40.5. The number of imidazole rings is 1. The van der Waals surface area contributed by atoms with Crippen molar-refractivity contribution in [2.75, 3.05) is 0 Å². The van der Waals surface area contributed by atoms with Crippen LogP contribution in [-0.4, -0.2) is 29.1 Å². The van der Waals surface area contributed by atoms with Crippen LogP contribution in [-0.2, 0) is 5.41 Å². The quantitative estimate of drug-likeness (QED) is 0.159. The molecule has 0 bridgehead atoms. The van der Waals surface area contributed by atoms with Crippen LogP contribution in [0.1, 0.15) is 25.0 Å². The maximum Gasteiger partial charge on any atom is 0.164 e. The second-order valence-electron chi connectivity index (χ2n) is 19.8. The molecule has 1 aliphatic rings. The van der Waals surface area contributed by atoms with Gasteiger partial charge >= 0.3 is 0 Å². The average molecular weight is 949 g/mol. The Labute approximate surface area is 426 Å². The number of nitrogens with zero attached hydrogens (tertiary/aromatic N) is 6. The van der Waals surface area contributed by atoms with E-state index in [1.165, 1.54) is 33.0 Å². The van der Waals surface area contributed by atoms with Gasteiger partial charge in [-0.1, -0.05) is 166 Å². The van der Waals surface area contributed by atoms with Crippen LogP contribution in [0.25, 0.3) is 134 Å². The van der Waals surface area contributed by atoms with Gasteiger partial charge in [-0.05, 0) is 112 Å². The molecule has 1 aliphatic carbocycles. The Bertz CT molecular complexity index is 4510. The minimum absolute atomic E-state index is 0.176. The van der Waals surface area contributed by atoms with Crippen LogP contribution in [0.4, 0.5) is 0 Å². The molecule has 0 N–H and O–H groups in total. The van der Waals surface area contributed by atoms with Gasteiger partial charge in [-0.15, -0.1) is 0 Å². The minimum Gasteiger partial charge on any atom is -0.456 e. The van der Waals surface area contributed by atoms with Crippen LogP contribution in [0.3, 0.4) is 0 Å². The molecular formula is C67H44N6O. The van der Waals surface area contributed by atoms with E-state index in [4.69, 9.17) is 24.4 Å². The highest BCUT2D eigenvalue weighted by Crippen LogP contribution is 2.51. The Balaban J connectivity index is 0.923. The zero-order valence-corrected chi connectivity index (χ0v) is 40.5. The first kappa shape index (κ1) is 42.0. The van der Waals surface area contributed by atoms with Gasteiger partial charge in [0.2, 0.25) is 0 Å². The summed E-state index contributed by atoms with van der Waals surface area (Å²) in [5.41, 5.74) is 19.1. The Morgan fingerprint density at radius 2 is 0.959 bits per heavy atom. The molecule has 0 fully saturated rings. The largest absolute Gasteiger partial charge is 0.456 e. The maximum absolute atomic E-state index is 6.61. The summed E-state index contributed by atoms with van der Waals surface area (Å²) in [5.74, 6) is 2.71. The van der Waals surface area contributed by atoms with Crippen LogP contribution in [0.5, 0.6) is 0 Å². The molecule has 7 nitrogen and oxygen atoms in total. The summed E-state index contributed by atoms with van der Waals surface area (Å²) >= 11 is 0. The SMILES string of the molecule is CC1(C)c2ccccc2-c2cc3c4cc(-c5ccc6oc7cccc(-c8nc(-c9ccccc9)nc(-c9ccccc9)n8)c7c6c5)ccc4n(-c4cccc(-c5nc6ccccc6n5-c5ccccc5)c4)c3cc21. The number of para-hydroxylation sites is 3. The second-order valence-corrected chi connectivity index (χ2v) is 19.8. The van der Waals surface area contributed by atoms with Crippen LogP contribution >= 0.6 is 0 Å². The van der Waals surface area contributed by atoms with E-state index in [-0.39, 0.29) is 5.41 Å². The topological polar surface area (TPSA) is 74.6 Å². The van der Waals surface area contributed by atoms with Gasteiger partial charge in [-0.3, -0.25) is 4.57 Å². The molecule has 4 aromatic heterocycles. The lowest BCUT2D eigenvalue weighted by Crippen LogP contribution is -2.14. The van der Waals surface area contributed by atoms with Gasteiger partial charge in [0.05, 0.1) is 22.1 Å². The number of benzene rings is 10. The molecule has 14 aromatic rings. The monoisotopic (exact) mass is 948 g/mol. The Hall–Kier alpha value is -9.72. The minimum atomic E-state index is -0.176. The van der Waals surface area contributed by atoms with Gasteiger partial charge in [-0.25, -0.2) is 19.9 Å². The van der Waals surface area contributed by atoms with Crippen molar-refractivity contribution in [3.63, 3.8) is 0 Å². The molecule has 0 saturated heterocycles. The van der Waals surface area contributed by atoms with Gasteiger partial charge in [0.25, 0.3) is 0 Å². The summed E-state index contributed by atoms with van der Waals surface area (Å²) in [4.78, 5) is 20.5. The smallest absolute Gasteiger partial charge is 0.164 e. The number of furan rings is 1. The van der Waals surface area contributed by atoms with Crippen molar-refractivity contribution in [1.29, 1.82) is 0 Å². The lowest BCUT2D eigenvalue weighted by molar-refractivity contribution is 0.661. The Morgan fingerprint density at radius 1 is 0.351 bits per heavy atom. The third-order valence-corrected chi connectivity index (χ3v) is 15.2. The van der Waals surface area contributed by atoms with Crippen molar-refractivity contribution in [2.45, 2.75) is 19.3 Å². The standard InChI is InChI=1S/C67H44N6O/c1-67(2)54-28-13-12-26-48(54)50-39-52-51-37-43(32-34-57(51)72(59(52)40-55(50)67)47-25-16-22-45(36-47)66-68-56-29-14-15-30-58(56)73(66)46-23-10-5-11-24-46)44-33-35-60-53(38-44)62-49(27-17-31-61(62)74-60)65-70-63(41-18-6-3-7-19-41)69-64(71-65)42-20-8-4-9-21-42/h3-40H,1-2H3. The highest BCUT2D eigenvalue weighted by atomic mass is 16.3. The van der Waals surface area contributed by atoms with Crippen molar-refractivity contribution in [3.05, 3.63) is 242 Å². The van der Waals surface area contributed by atoms with Crippen molar-refractivity contribution in [2.24, 2.45) is 0 Å². The number of rotatable bonds is 7. The van der Waals surface area contributed by atoms with Gasteiger partial charge in [0.15, 0.2) is 17.5 Å². The van der Waals surface area contributed by atoms with E-state index in [0.29, 0.717) is 17.5 Å². The molecule has 0 spiro atoms. The van der Waals surface area contributed by atoms with Crippen molar-refractivity contribution >= 4 is 54.8 Å². The summed E-state index contributed by atoms with van der Waals surface area (Å²) in [6.45, 7) is 4.71. The lowest BCUT2D eigenvalue weighted by atomic mass is 9.82. The summed E-state index contributed by atoms with van der Waals surface area (Å²) in [6, 6.07) is 81.4. The molecule has 0 amide bonds. The molecule has 7 heteroatoms. The molecule has 15 rings (SSSR count). The van der Waals surface area contributed by atoms with Gasteiger partial charge in [-0.2, -0.15) is 0 Å². The molecule has 0 atom stereocenters. The van der Waals surface area contributed by atoms with Gasteiger partial charge < -0.3 is 8.98 Å². The van der Waals surface area contributed by atoms with Crippen LogP contribution in [0.2, 0.25) is 0 Å². The predicted molar refractivity (Wildman–Crippen MR) is 301 cm³/mol. The highest BCUT2D eigenvalue weighted by Gasteiger charge is 2.36. The van der Waals surface area contributed by atoms with E-state index in [9.17, 15) is 0 Å². The first-order valence-electron chi connectivity index (χ1n) is 25.1. The summed E-state index contributed by atoms with van der Waals surface area (Å²) in [6.07, 6.45) is 0. The van der Waals surface area contributed by atoms with Gasteiger partial charge in [0.1, 0.15) is 17.0 Å². The molecule has 0 aliphatic heterocycles. The fraction of sp³-hybridized carbons (Fsp3) is 0.0448. The van der Waals surface area contributed by atoms with Gasteiger partial charge in [0, 0.05) is 60.6 Å². The van der Waals surface area contributed by atoms with Crippen LogP contribution in [0.15, 0.2) is 235 Å². The molecule has 74 heavy (non-hydrogen) atoms. The van der Waals surface area contributed by atoms with E-state index in [0.717, 1.165) is 94.6 Å². The molecule has 4 heterocycles. The third-order valence-electron chi connectivity index (χ3n) is 15.2. The van der Waals surface area contributed by atoms with Crippen molar-refractivity contribution < 1.29 is 4.42 Å². The number of fused-ring (bicyclic) bond motifs is 10. The third kappa shape index (κ3) is 6.46. The summed E-state index contributed by atoms with van der Waals surface area (Å²) in [7, 11) is 0. The average Bonchev–Trinajstić information content (AvgIpc) is 4.24.